The van der Waals surface area contributed by atoms with Gasteiger partial charge < -0.3 is 9.64 Å². The Labute approximate surface area is 163 Å². The molecule has 26 heavy (non-hydrogen) atoms. The molecule has 0 aliphatic carbocycles. The molecule has 0 atom stereocenters. The first kappa shape index (κ1) is 20.0. The zero-order chi connectivity index (χ0) is 18.9. The molecule has 138 valence electrons. The van der Waals surface area contributed by atoms with Gasteiger partial charge in [-0.25, -0.2) is 5.43 Å². The van der Waals surface area contributed by atoms with Gasteiger partial charge in [-0.15, -0.1) is 0 Å². The molecule has 5 nitrogen and oxygen atoms in total. The third-order valence-electron chi connectivity index (χ3n) is 3.87. The zero-order valence-electron chi connectivity index (χ0n) is 15.3. The molecule has 0 spiro atoms. The molecule has 6 heteroatoms. The number of anilines is 1. The minimum atomic E-state index is -0.312. The molecular weight excluding hydrogens is 394 g/mol. The molecule has 0 saturated carbocycles. The van der Waals surface area contributed by atoms with Gasteiger partial charge in [0.05, 0.1) is 10.7 Å². The minimum absolute atomic E-state index is 0.0973. The van der Waals surface area contributed by atoms with E-state index in [1.807, 2.05) is 49.4 Å². The van der Waals surface area contributed by atoms with E-state index in [1.54, 1.807) is 6.21 Å². The smallest absolute Gasteiger partial charge is 0.277 e. The predicted molar refractivity (Wildman–Crippen MR) is 110 cm³/mol. The summed E-state index contributed by atoms with van der Waals surface area (Å²) in [6.07, 6.45) is 1.62. The van der Waals surface area contributed by atoms with Crippen LogP contribution in [-0.4, -0.2) is 31.8 Å². The van der Waals surface area contributed by atoms with Crippen LogP contribution in [0.15, 0.2) is 52.0 Å². The maximum Gasteiger partial charge on any atom is 0.277 e. The fourth-order valence-electron chi connectivity index (χ4n) is 2.44. The highest BCUT2D eigenvalue weighted by molar-refractivity contribution is 9.10. The maximum atomic E-state index is 11.8. The second-order valence-corrected chi connectivity index (χ2v) is 6.63. The van der Waals surface area contributed by atoms with Crippen molar-refractivity contribution in [1.29, 1.82) is 0 Å². The van der Waals surface area contributed by atoms with E-state index in [0.29, 0.717) is 5.75 Å². The van der Waals surface area contributed by atoms with Crippen molar-refractivity contribution in [2.24, 2.45) is 5.10 Å². The molecule has 1 N–H and O–H groups in total. The van der Waals surface area contributed by atoms with E-state index < -0.39 is 0 Å². The SMILES string of the molecule is CCN(CC)c1ccc(C=NNC(=O)COc2ccc(C)cc2Br)cc1. The molecule has 0 heterocycles. The summed E-state index contributed by atoms with van der Waals surface area (Å²) in [5, 5.41) is 3.98. The van der Waals surface area contributed by atoms with Gasteiger partial charge in [0.2, 0.25) is 0 Å². The lowest BCUT2D eigenvalue weighted by Crippen LogP contribution is -2.24. The van der Waals surface area contributed by atoms with Crippen LogP contribution in [0.4, 0.5) is 5.69 Å². The molecule has 0 aliphatic heterocycles. The number of carbonyl (C=O) groups excluding carboxylic acids is 1. The van der Waals surface area contributed by atoms with Gasteiger partial charge in [0, 0.05) is 18.8 Å². The summed E-state index contributed by atoms with van der Waals surface area (Å²) in [5.41, 5.74) is 5.68. The van der Waals surface area contributed by atoms with E-state index in [2.05, 4.69) is 45.2 Å². The van der Waals surface area contributed by atoms with Crippen molar-refractivity contribution in [2.75, 3.05) is 24.6 Å². The van der Waals surface area contributed by atoms with Crippen LogP contribution in [0.1, 0.15) is 25.0 Å². The van der Waals surface area contributed by atoms with E-state index >= 15 is 0 Å². The first-order chi connectivity index (χ1) is 12.5. The molecule has 2 aromatic rings. The highest BCUT2D eigenvalue weighted by atomic mass is 79.9. The number of hydrogen-bond donors (Lipinski definition) is 1. The van der Waals surface area contributed by atoms with Gasteiger partial charge in [-0.3, -0.25) is 4.79 Å². The Morgan fingerprint density at radius 1 is 1.19 bits per heavy atom. The van der Waals surface area contributed by atoms with Gasteiger partial charge in [0.15, 0.2) is 6.61 Å². The molecule has 0 aliphatic rings. The molecule has 0 saturated heterocycles. The Balaban J connectivity index is 1.83. The Kier molecular flexibility index (Phi) is 7.66. The van der Waals surface area contributed by atoms with Crippen LogP contribution in [0.5, 0.6) is 5.75 Å². The Hall–Kier alpha value is -2.34. The van der Waals surface area contributed by atoms with E-state index in [4.69, 9.17) is 4.74 Å². The topological polar surface area (TPSA) is 53.9 Å². The largest absolute Gasteiger partial charge is 0.483 e. The molecule has 0 aromatic heterocycles. The van der Waals surface area contributed by atoms with Gasteiger partial charge in [-0.1, -0.05) is 18.2 Å². The summed E-state index contributed by atoms with van der Waals surface area (Å²) in [7, 11) is 0. The van der Waals surface area contributed by atoms with Gasteiger partial charge in [0.1, 0.15) is 5.75 Å². The number of nitrogens with zero attached hydrogens (tertiary/aromatic N) is 2. The van der Waals surface area contributed by atoms with Crippen LogP contribution in [-0.2, 0) is 4.79 Å². The molecule has 0 fully saturated rings. The minimum Gasteiger partial charge on any atom is -0.483 e. The number of carbonyl (C=O) groups is 1. The second-order valence-electron chi connectivity index (χ2n) is 5.78. The fourth-order valence-corrected chi connectivity index (χ4v) is 3.04. The summed E-state index contributed by atoms with van der Waals surface area (Å²) >= 11 is 3.42. The summed E-state index contributed by atoms with van der Waals surface area (Å²) in [6.45, 7) is 8.09. The lowest BCUT2D eigenvalue weighted by Gasteiger charge is -2.20. The van der Waals surface area contributed by atoms with Crippen LogP contribution >= 0.6 is 15.9 Å². The van der Waals surface area contributed by atoms with E-state index in [-0.39, 0.29) is 12.5 Å². The number of hydrogen-bond acceptors (Lipinski definition) is 4. The summed E-state index contributed by atoms with van der Waals surface area (Å²) < 4.78 is 6.31. The number of hydrazone groups is 1. The van der Waals surface area contributed by atoms with Crippen molar-refractivity contribution in [3.63, 3.8) is 0 Å². The molecule has 0 unspecified atom stereocenters. The highest BCUT2D eigenvalue weighted by Gasteiger charge is 2.05. The summed E-state index contributed by atoms with van der Waals surface area (Å²) in [6, 6.07) is 13.7. The van der Waals surface area contributed by atoms with Crippen molar-refractivity contribution >= 4 is 33.7 Å². The van der Waals surface area contributed by atoms with Gasteiger partial charge in [-0.2, -0.15) is 5.10 Å². The van der Waals surface area contributed by atoms with Gasteiger partial charge in [-0.05, 0) is 72.1 Å². The van der Waals surface area contributed by atoms with E-state index in [1.165, 1.54) is 5.69 Å². The van der Waals surface area contributed by atoms with Crippen LogP contribution < -0.4 is 15.1 Å². The number of amides is 1. The van der Waals surface area contributed by atoms with Crippen molar-refractivity contribution in [1.82, 2.24) is 5.43 Å². The van der Waals surface area contributed by atoms with Crippen molar-refractivity contribution in [2.45, 2.75) is 20.8 Å². The molecule has 0 radical (unpaired) electrons. The van der Waals surface area contributed by atoms with Crippen molar-refractivity contribution < 1.29 is 9.53 Å². The Morgan fingerprint density at radius 2 is 1.88 bits per heavy atom. The van der Waals surface area contributed by atoms with Gasteiger partial charge >= 0.3 is 0 Å². The molecule has 2 aromatic carbocycles. The maximum absolute atomic E-state index is 11.8. The Morgan fingerprint density at radius 3 is 2.50 bits per heavy atom. The average Bonchev–Trinajstić information content (AvgIpc) is 2.63. The van der Waals surface area contributed by atoms with Crippen LogP contribution in [0.25, 0.3) is 0 Å². The van der Waals surface area contributed by atoms with Crippen LogP contribution in [0.3, 0.4) is 0 Å². The zero-order valence-corrected chi connectivity index (χ0v) is 16.9. The molecule has 2 rings (SSSR count). The van der Waals surface area contributed by atoms with Crippen LogP contribution in [0, 0.1) is 6.92 Å². The summed E-state index contributed by atoms with van der Waals surface area (Å²) in [4.78, 5) is 14.1. The standard InChI is InChI=1S/C20H24BrN3O2/c1-4-24(5-2)17-9-7-16(8-10-17)13-22-23-20(25)14-26-19-11-6-15(3)12-18(19)21/h6-13H,4-5,14H2,1-3H3,(H,23,25). The number of nitrogens with one attached hydrogen (secondary N) is 1. The number of benzene rings is 2. The van der Waals surface area contributed by atoms with Crippen LogP contribution in [0.2, 0.25) is 0 Å². The first-order valence-corrected chi connectivity index (χ1v) is 9.38. The normalized spacial score (nSPS) is 10.8. The number of halogens is 1. The molecule has 1 amide bonds. The monoisotopic (exact) mass is 417 g/mol. The lowest BCUT2D eigenvalue weighted by molar-refractivity contribution is -0.123. The number of aryl methyl sites for hydroxylation is 1. The van der Waals surface area contributed by atoms with Crippen molar-refractivity contribution in [3.8, 4) is 5.75 Å². The average molecular weight is 418 g/mol. The third kappa shape index (κ3) is 5.88. The van der Waals surface area contributed by atoms with E-state index in [0.717, 1.165) is 28.7 Å². The predicted octanol–water partition coefficient (Wildman–Crippen LogP) is 4.13. The first-order valence-electron chi connectivity index (χ1n) is 8.59. The number of ether oxygens (including phenoxy) is 1. The molecule has 0 bridgehead atoms. The second kappa shape index (κ2) is 9.97. The van der Waals surface area contributed by atoms with Crippen molar-refractivity contribution in [3.05, 3.63) is 58.1 Å². The molecular formula is C20H24BrN3O2. The lowest BCUT2D eigenvalue weighted by atomic mass is 10.2. The van der Waals surface area contributed by atoms with Gasteiger partial charge in [0.25, 0.3) is 5.91 Å². The highest BCUT2D eigenvalue weighted by Crippen LogP contribution is 2.25. The quantitative estimate of drug-likeness (QED) is 0.518. The Bertz CT molecular complexity index is 756. The summed E-state index contributed by atoms with van der Waals surface area (Å²) in [5.74, 6) is 0.315. The third-order valence-corrected chi connectivity index (χ3v) is 4.49. The number of rotatable bonds is 8. The fraction of sp³-hybridized carbons (Fsp3) is 0.300. The van der Waals surface area contributed by atoms with E-state index in [9.17, 15) is 4.79 Å².